The van der Waals surface area contributed by atoms with E-state index in [-0.39, 0.29) is 55.6 Å². The molecule has 48 heavy (non-hydrogen) atoms. The number of aromatic nitrogens is 4. The van der Waals surface area contributed by atoms with Crippen LogP contribution in [0.4, 0.5) is 11.6 Å². The molecule has 0 aliphatic heterocycles. The van der Waals surface area contributed by atoms with Gasteiger partial charge in [0, 0.05) is 46.7 Å². The van der Waals surface area contributed by atoms with Crippen molar-refractivity contribution < 1.29 is 26.4 Å². The third-order valence-corrected chi connectivity index (χ3v) is 11.7. The molecule has 0 unspecified atom stereocenters. The summed E-state index contributed by atoms with van der Waals surface area (Å²) in [6, 6.07) is 21.9. The molecule has 0 amide bonds. The van der Waals surface area contributed by atoms with Gasteiger partial charge in [0.15, 0.2) is 11.6 Å². The summed E-state index contributed by atoms with van der Waals surface area (Å²) >= 11 is 0. The Bertz CT molecular complexity index is 2210. The Hall–Kier alpha value is -4.90. The van der Waals surface area contributed by atoms with Crippen LogP contribution in [-0.4, -0.2) is 59.8 Å². The van der Waals surface area contributed by atoms with Gasteiger partial charge in [-0.2, -0.15) is 0 Å². The lowest BCUT2D eigenvalue weighted by Crippen LogP contribution is -2.14. The molecule has 242 valence electrons. The lowest BCUT2D eigenvalue weighted by atomic mass is 10.2. The molecule has 6 rings (SSSR count). The molecular weight excluding hydrogens is 693 g/mol. The van der Waals surface area contributed by atoms with Gasteiger partial charge in [-0.3, -0.25) is 29.0 Å². The number of pyridine rings is 4. The number of benzene rings is 2. The highest BCUT2D eigenvalue weighted by molar-refractivity contribution is 8.77. The van der Waals surface area contributed by atoms with E-state index in [1.54, 1.807) is 48.8 Å². The molecule has 0 aliphatic carbocycles. The zero-order valence-corrected chi connectivity index (χ0v) is 27.9. The second-order valence-corrected chi connectivity index (χ2v) is 16.0. The van der Waals surface area contributed by atoms with Crippen molar-refractivity contribution in [1.82, 2.24) is 19.9 Å². The van der Waals surface area contributed by atoms with Gasteiger partial charge in [-0.1, -0.05) is 33.7 Å². The number of hydrogen-bond acceptors (Lipinski definition) is 12. The average molecular weight is 717 g/mol. The van der Waals surface area contributed by atoms with E-state index in [2.05, 4.69) is 29.4 Å². The van der Waals surface area contributed by atoms with E-state index < -0.39 is 20.0 Å². The molecule has 0 saturated carbocycles. The van der Waals surface area contributed by atoms with Crippen LogP contribution in [0.2, 0.25) is 0 Å². The van der Waals surface area contributed by atoms with Gasteiger partial charge in [0.2, 0.25) is 0 Å². The van der Waals surface area contributed by atoms with Crippen molar-refractivity contribution in [3.63, 3.8) is 0 Å². The quantitative estimate of drug-likeness (QED) is 0.0858. The second kappa shape index (κ2) is 14.1. The third kappa shape index (κ3) is 7.79. The Kier molecular flexibility index (Phi) is 9.68. The van der Waals surface area contributed by atoms with Crippen molar-refractivity contribution in [1.29, 1.82) is 0 Å². The van der Waals surface area contributed by atoms with E-state index in [0.29, 0.717) is 21.8 Å². The number of fused-ring (bicyclic) bond motifs is 2. The van der Waals surface area contributed by atoms with E-state index in [0.717, 1.165) is 0 Å². The van der Waals surface area contributed by atoms with E-state index >= 15 is 0 Å². The summed E-state index contributed by atoms with van der Waals surface area (Å²) in [5.74, 6) is -0.262. The number of hydrogen-bond donors (Lipinski definition) is 2. The minimum Gasteiger partial charge on any atom is -0.293 e. The molecule has 2 N–H and O–H groups in total. The summed E-state index contributed by atoms with van der Waals surface area (Å²) in [4.78, 5) is 41.9. The van der Waals surface area contributed by atoms with E-state index in [9.17, 15) is 26.4 Å². The topological polar surface area (TPSA) is 178 Å². The summed E-state index contributed by atoms with van der Waals surface area (Å²) in [6.45, 7) is 0. The van der Waals surface area contributed by atoms with Crippen molar-refractivity contribution in [2.75, 3.05) is 20.9 Å². The Morgan fingerprint density at radius 2 is 1.00 bits per heavy atom. The van der Waals surface area contributed by atoms with E-state index in [1.807, 2.05) is 0 Å². The van der Waals surface area contributed by atoms with Gasteiger partial charge in [0.05, 0.1) is 32.3 Å². The van der Waals surface area contributed by atoms with Crippen LogP contribution in [0, 0.1) is 0 Å². The van der Waals surface area contributed by atoms with Gasteiger partial charge >= 0.3 is 0 Å². The van der Waals surface area contributed by atoms with Gasteiger partial charge in [0.1, 0.15) is 11.6 Å². The maximum absolute atomic E-state index is 12.9. The highest BCUT2D eigenvalue weighted by Gasteiger charge is 2.18. The molecule has 0 atom stereocenters. The first-order chi connectivity index (χ1) is 23.1. The minimum absolute atomic E-state index is 0.0550. The third-order valence-electron chi connectivity index (χ3n) is 6.88. The predicted octanol–water partition coefficient (Wildman–Crippen LogP) is 5.62. The maximum Gasteiger partial charge on any atom is 0.263 e. The summed E-state index contributed by atoms with van der Waals surface area (Å²) in [6.07, 6.45) is 5.83. The molecule has 0 saturated heterocycles. The summed E-state index contributed by atoms with van der Waals surface area (Å²) in [7, 11) is -5.46. The Morgan fingerprint density at radius 3 is 1.40 bits per heavy atom. The van der Waals surface area contributed by atoms with Crippen LogP contribution < -0.4 is 9.44 Å². The molecule has 6 aromatic rings. The molecule has 0 fully saturated rings. The Labute approximate surface area is 283 Å². The number of carbonyl (C=O) groups excluding carboxylic acids is 2. The zero-order valence-electron chi connectivity index (χ0n) is 24.7. The van der Waals surface area contributed by atoms with Crippen LogP contribution in [0.1, 0.15) is 20.7 Å². The molecule has 4 aromatic heterocycles. The Balaban J connectivity index is 0.967. The zero-order chi connectivity index (χ0) is 33.7. The van der Waals surface area contributed by atoms with Crippen molar-refractivity contribution in [3.8, 4) is 0 Å². The monoisotopic (exact) mass is 716 g/mol. The number of nitrogens with zero attached hydrogens (tertiary/aromatic N) is 4. The molecule has 0 radical (unpaired) electrons. The summed E-state index contributed by atoms with van der Waals surface area (Å²) in [5, 5.41) is 1.36. The van der Waals surface area contributed by atoms with Gasteiger partial charge in [0.25, 0.3) is 20.0 Å². The fourth-order valence-corrected chi connectivity index (χ4v) is 8.37. The highest BCUT2D eigenvalue weighted by atomic mass is 33.1. The lowest BCUT2D eigenvalue weighted by molar-refractivity contribution is 0.101. The smallest absolute Gasteiger partial charge is 0.263 e. The minimum atomic E-state index is -3.92. The number of Topliss-reactive ketones (excluding diaryl/α,β-unsaturated/α-hetero) is 2. The maximum atomic E-state index is 12.9. The molecule has 0 bridgehead atoms. The van der Waals surface area contributed by atoms with Crippen molar-refractivity contribution in [2.45, 2.75) is 9.79 Å². The standard InChI is InChI=1S/C32H24N6O6S4/c39-29(23-5-11-31(35-17-23)37-47(41,42)25-7-9-27-21(15-25)3-1-13-33-27)19-45-46-20-30(40)24-6-12-32(36-18-24)38-48(43,44)26-8-10-28-22(16-26)4-2-14-34-28/h1-18H,19-20H2,(H,35,37)(H,36,38). The molecule has 4 heterocycles. The fourth-order valence-electron chi connectivity index (χ4n) is 4.43. The first-order valence-electron chi connectivity index (χ1n) is 14.1. The predicted molar refractivity (Wildman–Crippen MR) is 187 cm³/mol. The Morgan fingerprint density at radius 1 is 0.562 bits per heavy atom. The SMILES string of the molecule is O=C(CSSCC(=O)c1ccc(NS(=O)(=O)c2ccc3ncccc3c2)nc1)c1ccc(NS(=O)(=O)c2ccc3ncccc3c2)nc1. The largest absolute Gasteiger partial charge is 0.293 e. The normalized spacial score (nSPS) is 11.8. The number of ketones is 2. The number of sulfonamides is 2. The average Bonchev–Trinajstić information content (AvgIpc) is 3.09. The molecule has 12 nitrogen and oxygen atoms in total. The van der Waals surface area contributed by atoms with Crippen molar-refractivity contribution in [3.05, 3.63) is 121 Å². The fraction of sp³-hybridized carbons (Fsp3) is 0.0625. The van der Waals surface area contributed by atoms with Crippen LogP contribution in [0.25, 0.3) is 21.8 Å². The van der Waals surface area contributed by atoms with E-state index in [4.69, 9.17) is 0 Å². The van der Waals surface area contributed by atoms with Crippen molar-refractivity contribution >= 4 is 86.6 Å². The van der Waals surface area contributed by atoms with Crippen LogP contribution >= 0.6 is 21.6 Å². The van der Waals surface area contributed by atoms with Crippen LogP contribution in [0.3, 0.4) is 0 Å². The van der Waals surface area contributed by atoms with Crippen LogP contribution in [0.5, 0.6) is 0 Å². The second-order valence-electron chi connectivity index (χ2n) is 10.2. The number of nitrogens with one attached hydrogen (secondary N) is 2. The number of rotatable bonds is 13. The molecule has 0 aliphatic rings. The van der Waals surface area contributed by atoms with E-state index in [1.165, 1.54) is 82.5 Å². The highest BCUT2D eigenvalue weighted by Crippen LogP contribution is 2.25. The molecular formula is C32H24N6O6S4. The van der Waals surface area contributed by atoms with Gasteiger partial charge < -0.3 is 0 Å². The summed E-state index contributed by atoms with van der Waals surface area (Å²) in [5.41, 5.74) is 1.92. The van der Waals surface area contributed by atoms with Gasteiger partial charge in [-0.15, -0.1) is 0 Å². The van der Waals surface area contributed by atoms with Crippen molar-refractivity contribution in [2.24, 2.45) is 0 Å². The number of anilines is 2. The molecule has 0 spiro atoms. The first kappa shape index (κ1) is 33.0. The van der Waals surface area contributed by atoms with Crippen LogP contribution in [0.15, 0.2) is 120 Å². The number of carbonyl (C=O) groups is 2. The van der Waals surface area contributed by atoms with Crippen LogP contribution in [-0.2, 0) is 20.0 Å². The van der Waals surface area contributed by atoms with Gasteiger partial charge in [-0.05, 0) is 72.8 Å². The molecule has 16 heteroatoms. The van der Waals surface area contributed by atoms with Gasteiger partial charge in [-0.25, -0.2) is 26.8 Å². The lowest BCUT2D eigenvalue weighted by Gasteiger charge is -2.09. The molecule has 2 aromatic carbocycles. The summed E-state index contributed by atoms with van der Waals surface area (Å²) < 4.78 is 56.2. The first-order valence-corrected chi connectivity index (χ1v) is 19.5.